The smallest absolute Gasteiger partial charge is 0.341 e. The third kappa shape index (κ3) is 3.56. The highest BCUT2D eigenvalue weighted by molar-refractivity contribution is 5.93. The van der Waals surface area contributed by atoms with E-state index in [-0.39, 0.29) is 23.5 Å². The fourth-order valence-corrected chi connectivity index (χ4v) is 1.89. The van der Waals surface area contributed by atoms with Crippen molar-refractivity contribution in [2.24, 2.45) is 0 Å². The summed E-state index contributed by atoms with van der Waals surface area (Å²) < 4.78 is 36.2. The number of ether oxygens (including phenoxy) is 2. The van der Waals surface area contributed by atoms with Crippen LogP contribution in [0.15, 0.2) is 48.5 Å². The first-order valence-corrected chi connectivity index (χ1v) is 6.29. The van der Waals surface area contributed by atoms with E-state index in [4.69, 9.17) is 4.74 Å². The molecule has 21 heavy (non-hydrogen) atoms. The van der Waals surface area contributed by atoms with Crippen LogP contribution in [0.3, 0.4) is 0 Å². The third-order valence-corrected chi connectivity index (χ3v) is 2.91. The van der Waals surface area contributed by atoms with Crippen LogP contribution in [-0.4, -0.2) is 13.1 Å². The summed E-state index contributed by atoms with van der Waals surface area (Å²) in [6.45, 7) is 0.0918. The molecule has 0 spiro atoms. The molecule has 0 amide bonds. The van der Waals surface area contributed by atoms with Crippen molar-refractivity contribution in [3.63, 3.8) is 0 Å². The quantitative estimate of drug-likeness (QED) is 0.782. The lowest BCUT2D eigenvalue weighted by molar-refractivity contribution is 0.0594. The Bertz CT molecular complexity index is 612. The Balaban J connectivity index is 2.32. The molecule has 0 heterocycles. The fraction of sp³-hybridized carbons (Fsp3) is 0.188. The SMILES string of the molecule is COC(=O)c1cccc(C(F)F)c1OCc1ccccc1. The first-order valence-electron chi connectivity index (χ1n) is 6.29. The van der Waals surface area contributed by atoms with Crippen molar-refractivity contribution in [3.8, 4) is 5.75 Å². The van der Waals surface area contributed by atoms with Crippen LogP contribution < -0.4 is 4.74 Å². The Kier molecular flexibility index (Phi) is 4.87. The minimum Gasteiger partial charge on any atom is -0.487 e. The molecule has 2 aromatic carbocycles. The molecule has 0 aliphatic carbocycles. The number of carbonyl (C=O) groups excluding carboxylic acids is 1. The Labute approximate surface area is 121 Å². The largest absolute Gasteiger partial charge is 0.487 e. The number of methoxy groups -OCH3 is 1. The minimum absolute atomic E-state index is 0.00812. The van der Waals surface area contributed by atoms with Gasteiger partial charge in [0.15, 0.2) is 0 Å². The van der Waals surface area contributed by atoms with Gasteiger partial charge in [-0.25, -0.2) is 13.6 Å². The molecule has 0 aliphatic heterocycles. The van der Waals surface area contributed by atoms with Gasteiger partial charge in [-0.05, 0) is 17.7 Å². The predicted octanol–water partition coefficient (Wildman–Crippen LogP) is 3.99. The molecule has 0 radical (unpaired) electrons. The minimum atomic E-state index is -2.74. The maximum Gasteiger partial charge on any atom is 0.341 e. The van der Waals surface area contributed by atoms with E-state index in [0.717, 1.165) is 5.56 Å². The van der Waals surface area contributed by atoms with Crippen LogP contribution in [0.25, 0.3) is 0 Å². The number of hydrogen-bond acceptors (Lipinski definition) is 3. The van der Waals surface area contributed by atoms with Crippen LogP contribution >= 0.6 is 0 Å². The molecular formula is C16H14F2O3. The lowest BCUT2D eigenvalue weighted by Gasteiger charge is -2.14. The van der Waals surface area contributed by atoms with Gasteiger partial charge in [-0.15, -0.1) is 0 Å². The normalized spacial score (nSPS) is 10.5. The summed E-state index contributed by atoms with van der Waals surface area (Å²) in [5, 5.41) is 0. The summed E-state index contributed by atoms with van der Waals surface area (Å²) in [5.41, 5.74) is 0.484. The molecule has 0 aromatic heterocycles. The van der Waals surface area contributed by atoms with Crippen molar-refractivity contribution in [3.05, 3.63) is 65.2 Å². The zero-order chi connectivity index (χ0) is 15.2. The highest BCUT2D eigenvalue weighted by Crippen LogP contribution is 2.33. The monoisotopic (exact) mass is 292 g/mol. The molecule has 0 fully saturated rings. The average molecular weight is 292 g/mol. The molecule has 0 N–H and O–H groups in total. The number of hydrogen-bond donors (Lipinski definition) is 0. The van der Waals surface area contributed by atoms with E-state index in [1.807, 2.05) is 30.3 Å². The second-order valence-corrected chi connectivity index (χ2v) is 4.29. The van der Waals surface area contributed by atoms with E-state index < -0.39 is 12.4 Å². The van der Waals surface area contributed by atoms with Crippen LogP contribution in [0.2, 0.25) is 0 Å². The maximum absolute atomic E-state index is 13.1. The first kappa shape index (κ1) is 15.0. The Morgan fingerprint density at radius 1 is 1.10 bits per heavy atom. The highest BCUT2D eigenvalue weighted by atomic mass is 19.3. The number of carbonyl (C=O) groups is 1. The molecule has 0 saturated carbocycles. The Morgan fingerprint density at radius 2 is 1.81 bits per heavy atom. The van der Waals surface area contributed by atoms with Gasteiger partial charge in [0.05, 0.1) is 12.7 Å². The van der Waals surface area contributed by atoms with E-state index in [0.29, 0.717) is 0 Å². The van der Waals surface area contributed by atoms with Crippen molar-refractivity contribution >= 4 is 5.97 Å². The number of esters is 1. The van der Waals surface area contributed by atoms with Gasteiger partial charge < -0.3 is 9.47 Å². The van der Waals surface area contributed by atoms with Crippen LogP contribution in [0, 0.1) is 0 Å². The molecule has 3 nitrogen and oxygen atoms in total. The van der Waals surface area contributed by atoms with Crippen LogP contribution in [0.5, 0.6) is 5.75 Å². The van der Waals surface area contributed by atoms with Crippen molar-refractivity contribution in [1.29, 1.82) is 0 Å². The summed E-state index contributed by atoms with van der Waals surface area (Å²) in [6, 6.07) is 13.1. The second-order valence-electron chi connectivity index (χ2n) is 4.29. The number of rotatable bonds is 5. The zero-order valence-corrected chi connectivity index (χ0v) is 11.4. The first-order chi connectivity index (χ1) is 10.1. The molecule has 5 heteroatoms. The molecule has 0 atom stereocenters. The fourth-order valence-electron chi connectivity index (χ4n) is 1.89. The molecule has 0 saturated heterocycles. The van der Waals surface area contributed by atoms with Gasteiger partial charge in [-0.1, -0.05) is 36.4 Å². The summed E-state index contributed by atoms with van der Waals surface area (Å²) in [5.74, 6) is -0.844. The highest BCUT2D eigenvalue weighted by Gasteiger charge is 2.21. The predicted molar refractivity (Wildman–Crippen MR) is 73.5 cm³/mol. The standard InChI is InChI=1S/C16H14F2O3/c1-20-16(19)13-9-5-8-12(15(17)18)14(13)21-10-11-6-3-2-4-7-11/h2-9,15H,10H2,1H3. The third-order valence-electron chi connectivity index (χ3n) is 2.91. The number of benzene rings is 2. The molecule has 0 unspecified atom stereocenters. The van der Waals surface area contributed by atoms with Crippen molar-refractivity contribution in [2.45, 2.75) is 13.0 Å². The number of para-hydroxylation sites is 1. The molecule has 0 bridgehead atoms. The summed E-state index contributed by atoms with van der Waals surface area (Å²) in [4.78, 5) is 11.7. The molecule has 2 rings (SSSR count). The second kappa shape index (κ2) is 6.83. The lowest BCUT2D eigenvalue weighted by atomic mass is 10.1. The topological polar surface area (TPSA) is 35.5 Å². The number of halogens is 2. The van der Waals surface area contributed by atoms with E-state index in [1.165, 1.54) is 25.3 Å². The Morgan fingerprint density at radius 3 is 2.43 bits per heavy atom. The van der Waals surface area contributed by atoms with Crippen LogP contribution in [0.1, 0.15) is 27.9 Å². The van der Waals surface area contributed by atoms with Gasteiger partial charge in [-0.2, -0.15) is 0 Å². The average Bonchev–Trinajstić information content (AvgIpc) is 2.52. The molecule has 2 aromatic rings. The maximum atomic E-state index is 13.1. The lowest BCUT2D eigenvalue weighted by Crippen LogP contribution is -2.08. The van der Waals surface area contributed by atoms with Crippen molar-refractivity contribution in [1.82, 2.24) is 0 Å². The van der Waals surface area contributed by atoms with E-state index in [1.54, 1.807) is 0 Å². The van der Waals surface area contributed by atoms with E-state index in [9.17, 15) is 13.6 Å². The van der Waals surface area contributed by atoms with Gasteiger partial charge in [-0.3, -0.25) is 0 Å². The zero-order valence-electron chi connectivity index (χ0n) is 11.4. The van der Waals surface area contributed by atoms with Crippen molar-refractivity contribution < 1.29 is 23.0 Å². The van der Waals surface area contributed by atoms with Gasteiger partial charge in [0.2, 0.25) is 0 Å². The van der Waals surface area contributed by atoms with E-state index in [2.05, 4.69) is 4.74 Å². The molecule has 0 aliphatic rings. The van der Waals surface area contributed by atoms with Gasteiger partial charge >= 0.3 is 5.97 Å². The van der Waals surface area contributed by atoms with Crippen LogP contribution in [-0.2, 0) is 11.3 Å². The van der Waals surface area contributed by atoms with E-state index >= 15 is 0 Å². The Hall–Kier alpha value is -2.43. The van der Waals surface area contributed by atoms with Gasteiger partial charge in [0.25, 0.3) is 6.43 Å². The van der Waals surface area contributed by atoms with Gasteiger partial charge in [0, 0.05) is 0 Å². The molecular weight excluding hydrogens is 278 g/mol. The summed E-state index contributed by atoms with van der Waals surface area (Å²) in [6.07, 6.45) is -2.74. The summed E-state index contributed by atoms with van der Waals surface area (Å²) in [7, 11) is 1.19. The summed E-state index contributed by atoms with van der Waals surface area (Å²) >= 11 is 0. The number of alkyl halides is 2. The van der Waals surface area contributed by atoms with Gasteiger partial charge in [0.1, 0.15) is 17.9 Å². The van der Waals surface area contributed by atoms with Crippen molar-refractivity contribution in [2.75, 3.05) is 7.11 Å². The van der Waals surface area contributed by atoms with Crippen LogP contribution in [0.4, 0.5) is 8.78 Å². The molecule has 110 valence electrons.